The molecule has 2 heterocycles. The van der Waals surface area contributed by atoms with Crippen molar-refractivity contribution in [2.45, 2.75) is 26.3 Å². The zero-order valence-electron chi connectivity index (χ0n) is 16.0. The average Bonchev–Trinajstić information content (AvgIpc) is 3.12. The van der Waals surface area contributed by atoms with Gasteiger partial charge in [0.2, 0.25) is 0 Å². The number of fused-ring (bicyclic) bond motifs is 1. The van der Waals surface area contributed by atoms with Crippen LogP contribution in [0.25, 0.3) is 10.9 Å². The topological polar surface area (TPSA) is 40.5 Å². The summed E-state index contributed by atoms with van der Waals surface area (Å²) in [6.45, 7) is 4.15. The second kappa shape index (κ2) is 7.49. The van der Waals surface area contributed by atoms with Gasteiger partial charge in [0.15, 0.2) is 5.11 Å². The highest BCUT2D eigenvalue weighted by Gasteiger charge is 2.33. The molecule has 1 atom stereocenters. The first-order valence-corrected chi connectivity index (χ1v) is 9.98. The molecule has 0 aliphatic carbocycles. The molecule has 0 radical (unpaired) electrons. The van der Waals surface area contributed by atoms with Crippen LogP contribution in [0.15, 0.2) is 53.6 Å². The van der Waals surface area contributed by atoms with Crippen LogP contribution in [0.3, 0.4) is 0 Å². The highest BCUT2D eigenvalue weighted by atomic mass is 35.5. The van der Waals surface area contributed by atoms with Gasteiger partial charge in [-0.15, -0.1) is 0 Å². The van der Waals surface area contributed by atoms with Crippen molar-refractivity contribution in [3.63, 3.8) is 0 Å². The molecule has 0 bridgehead atoms. The molecule has 4 nitrogen and oxygen atoms in total. The summed E-state index contributed by atoms with van der Waals surface area (Å²) in [4.78, 5) is 4.64. The molecule has 142 valence electrons. The van der Waals surface area contributed by atoms with Gasteiger partial charge < -0.3 is 5.32 Å². The number of hydrogen-bond donors (Lipinski definition) is 1. The number of aryl methyl sites for hydroxylation is 2. The third-order valence-corrected chi connectivity index (χ3v) is 5.79. The summed E-state index contributed by atoms with van der Waals surface area (Å²) < 4.78 is 0. The van der Waals surface area contributed by atoms with Gasteiger partial charge in [0, 0.05) is 30.0 Å². The molecule has 3 aromatic rings. The maximum Gasteiger partial charge on any atom is 0.189 e. The van der Waals surface area contributed by atoms with Crippen LogP contribution in [-0.4, -0.2) is 27.9 Å². The molecule has 0 amide bonds. The van der Waals surface area contributed by atoms with Gasteiger partial charge in [-0.1, -0.05) is 48.0 Å². The van der Waals surface area contributed by atoms with Crippen molar-refractivity contribution >= 4 is 45.5 Å². The Labute approximate surface area is 175 Å². The van der Waals surface area contributed by atoms with Gasteiger partial charge in [-0.25, -0.2) is 9.99 Å². The lowest BCUT2D eigenvalue weighted by molar-refractivity contribution is 0.366. The van der Waals surface area contributed by atoms with Crippen molar-refractivity contribution in [2.24, 2.45) is 5.10 Å². The first kappa shape index (κ1) is 18.8. The number of thiocarbonyl (C=S) groups is 1. The molecule has 1 aliphatic rings. The van der Waals surface area contributed by atoms with Crippen LogP contribution in [0.1, 0.15) is 34.7 Å². The average molecular weight is 409 g/mol. The quantitative estimate of drug-likeness (QED) is 0.469. The summed E-state index contributed by atoms with van der Waals surface area (Å²) in [7, 11) is 1.81. The van der Waals surface area contributed by atoms with Crippen molar-refractivity contribution in [1.82, 2.24) is 15.3 Å². The lowest BCUT2D eigenvalue weighted by Gasteiger charge is -2.24. The molecule has 4 rings (SSSR count). The molecule has 1 aliphatic heterocycles. The fourth-order valence-electron chi connectivity index (χ4n) is 3.62. The molecule has 0 spiro atoms. The number of rotatable bonds is 2. The first-order valence-electron chi connectivity index (χ1n) is 9.19. The molecule has 28 heavy (non-hydrogen) atoms. The monoisotopic (exact) mass is 408 g/mol. The lowest BCUT2D eigenvalue weighted by atomic mass is 9.96. The molecule has 0 saturated carbocycles. The lowest BCUT2D eigenvalue weighted by Crippen LogP contribution is -2.34. The Balaban J connectivity index is 1.79. The van der Waals surface area contributed by atoms with Crippen LogP contribution in [0, 0.1) is 13.8 Å². The normalized spacial score (nSPS) is 16.4. The van der Waals surface area contributed by atoms with Crippen molar-refractivity contribution in [3.8, 4) is 0 Å². The molecular formula is C22H21ClN4S. The minimum atomic E-state index is -0.0970. The zero-order valence-corrected chi connectivity index (χ0v) is 17.6. The fourth-order valence-corrected chi connectivity index (χ4v) is 4.06. The summed E-state index contributed by atoms with van der Waals surface area (Å²) >= 11 is 12.1. The zero-order chi connectivity index (χ0) is 19.8. The van der Waals surface area contributed by atoms with Gasteiger partial charge in [-0.3, -0.25) is 0 Å². The van der Waals surface area contributed by atoms with Gasteiger partial charge in [-0.2, -0.15) is 5.10 Å². The fraction of sp³-hybridized carbons (Fsp3) is 0.227. The van der Waals surface area contributed by atoms with Crippen LogP contribution in [-0.2, 0) is 0 Å². The van der Waals surface area contributed by atoms with Gasteiger partial charge in [-0.05, 0) is 49.3 Å². The SMILES string of the molecule is CNC(=S)N1N=C(c2ccccc2C)C[C@@H]1c1cc2ccc(C)cc2nc1Cl. The van der Waals surface area contributed by atoms with Crippen molar-refractivity contribution < 1.29 is 0 Å². The molecule has 1 N–H and O–H groups in total. The number of halogens is 1. The van der Waals surface area contributed by atoms with E-state index >= 15 is 0 Å². The van der Waals surface area contributed by atoms with Crippen molar-refractivity contribution in [1.29, 1.82) is 0 Å². The highest BCUT2D eigenvalue weighted by Crippen LogP contribution is 2.37. The highest BCUT2D eigenvalue weighted by molar-refractivity contribution is 7.80. The molecular weight excluding hydrogens is 388 g/mol. The van der Waals surface area contributed by atoms with E-state index in [9.17, 15) is 0 Å². The van der Waals surface area contributed by atoms with Crippen molar-refractivity contribution in [3.05, 3.63) is 75.9 Å². The predicted molar refractivity (Wildman–Crippen MR) is 120 cm³/mol. The Morgan fingerprint density at radius 2 is 1.96 bits per heavy atom. The number of aromatic nitrogens is 1. The summed E-state index contributed by atoms with van der Waals surface area (Å²) in [6, 6.07) is 16.5. The molecule has 1 aromatic heterocycles. The summed E-state index contributed by atoms with van der Waals surface area (Å²) in [5.41, 5.74) is 6.32. The van der Waals surface area contributed by atoms with Crippen LogP contribution in [0.4, 0.5) is 0 Å². The van der Waals surface area contributed by atoms with E-state index in [1.807, 2.05) is 30.3 Å². The van der Waals surface area contributed by atoms with E-state index in [0.717, 1.165) is 33.3 Å². The number of nitrogens with one attached hydrogen (secondary N) is 1. The van der Waals surface area contributed by atoms with E-state index in [4.69, 9.17) is 28.9 Å². The van der Waals surface area contributed by atoms with Crippen LogP contribution in [0.5, 0.6) is 0 Å². The summed E-state index contributed by atoms with van der Waals surface area (Å²) in [6.07, 6.45) is 0.714. The van der Waals surface area contributed by atoms with Gasteiger partial charge in [0.1, 0.15) is 5.15 Å². The van der Waals surface area contributed by atoms with Crippen molar-refractivity contribution in [2.75, 3.05) is 7.05 Å². The van der Waals surface area contributed by atoms with Crippen LogP contribution in [0.2, 0.25) is 5.15 Å². The van der Waals surface area contributed by atoms with Gasteiger partial charge in [0.05, 0.1) is 17.3 Å². The third-order valence-electron chi connectivity index (χ3n) is 5.10. The van der Waals surface area contributed by atoms with E-state index in [2.05, 4.69) is 54.5 Å². The standard InChI is InChI=1S/C22H21ClN4S/c1-13-8-9-15-11-17(21(23)25-18(15)10-13)20-12-19(26-27(20)22(28)24-3)16-7-5-4-6-14(16)2/h4-11,20H,12H2,1-3H3,(H,24,28)/t20-/m1/s1. The van der Waals surface area contributed by atoms with E-state index < -0.39 is 0 Å². The number of pyridine rings is 1. The third kappa shape index (κ3) is 3.36. The first-order chi connectivity index (χ1) is 13.5. The van der Waals surface area contributed by atoms with E-state index in [1.165, 1.54) is 5.56 Å². The summed E-state index contributed by atoms with van der Waals surface area (Å²) in [5.74, 6) is 0. The van der Waals surface area contributed by atoms with Gasteiger partial charge in [0.25, 0.3) is 0 Å². The summed E-state index contributed by atoms with van der Waals surface area (Å²) in [5, 5.41) is 11.9. The van der Waals surface area contributed by atoms with E-state index in [0.29, 0.717) is 16.7 Å². The largest absolute Gasteiger partial charge is 0.364 e. The predicted octanol–water partition coefficient (Wildman–Crippen LogP) is 5.16. The Bertz CT molecular complexity index is 1110. The maximum atomic E-state index is 6.62. The molecule has 0 unspecified atom stereocenters. The second-order valence-electron chi connectivity index (χ2n) is 7.05. The van der Waals surface area contributed by atoms with E-state index in [-0.39, 0.29) is 6.04 Å². The Kier molecular flexibility index (Phi) is 5.04. The Hall–Kier alpha value is -2.50. The molecule has 2 aromatic carbocycles. The molecule has 0 saturated heterocycles. The van der Waals surface area contributed by atoms with Gasteiger partial charge >= 0.3 is 0 Å². The van der Waals surface area contributed by atoms with E-state index in [1.54, 1.807) is 0 Å². The smallest absolute Gasteiger partial charge is 0.189 e. The number of hydrogen-bond acceptors (Lipinski definition) is 3. The Morgan fingerprint density at radius 1 is 1.18 bits per heavy atom. The minimum absolute atomic E-state index is 0.0970. The molecule has 6 heteroatoms. The number of benzene rings is 2. The van der Waals surface area contributed by atoms with Crippen LogP contribution >= 0.6 is 23.8 Å². The van der Waals surface area contributed by atoms with Crippen LogP contribution < -0.4 is 5.32 Å². The second-order valence-corrected chi connectivity index (χ2v) is 7.79. The number of nitrogens with zero attached hydrogens (tertiary/aromatic N) is 3. The Morgan fingerprint density at radius 3 is 2.71 bits per heavy atom. The minimum Gasteiger partial charge on any atom is -0.364 e. The molecule has 0 fully saturated rings. The number of hydrazone groups is 1. The maximum absolute atomic E-state index is 6.62.